The molecule has 0 atom stereocenters. The highest BCUT2D eigenvalue weighted by molar-refractivity contribution is 9.10. The first-order valence-electron chi connectivity index (χ1n) is 6.98. The molecule has 0 aliphatic heterocycles. The van der Waals surface area contributed by atoms with E-state index >= 15 is 0 Å². The maximum atomic E-state index is 6.09. The Labute approximate surface area is 137 Å². The van der Waals surface area contributed by atoms with E-state index in [-0.39, 0.29) is 0 Å². The van der Waals surface area contributed by atoms with Gasteiger partial charge in [0.2, 0.25) is 0 Å². The van der Waals surface area contributed by atoms with Crippen LogP contribution in [0.2, 0.25) is 5.02 Å². The van der Waals surface area contributed by atoms with Crippen LogP contribution < -0.4 is 11.3 Å². The number of rotatable bonds is 3. The zero-order valence-electron chi connectivity index (χ0n) is 11.4. The van der Waals surface area contributed by atoms with Gasteiger partial charge in [-0.05, 0) is 31.0 Å². The van der Waals surface area contributed by atoms with Crippen molar-refractivity contribution in [1.29, 1.82) is 0 Å². The van der Waals surface area contributed by atoms with Crippen LogP contribution in [0.1, 0.15) is 37.3 Å². The molecule has 0 saturated heterocycles. The highest BCUT2D eigenvalue weighted by atomic mass is 79.9. The Morgan fingerprint density at radius 2 is 1.95 bits per heavy atom. The summed E-state index contributed by atoms with van der Waals surface area (Å²) < 4.78 is 0.915. The number of hydrazine groups is 1. The molecule has 0 unspecified atom stereocenters. The molecule has 2 aromatic rings. The zero-order chi connectivity index (χ0) is 14.8. The molecular weight excluding hydrogens is 352 g/mol. The number of hydrogen-bond donors (Lipinski definition) is 2. The monoisotopic (exact) mass is 366 g/mol. The molecule has 0 radical (unpaired) electrons. The van der Waals surface area contributed by atoms with E-state index < -0.39 is 0 Å². The number of benzene rings is 1. The molecule has 1 aliphatic rings. The van der Waals surface area contributed by atoms with Crippen molar-refractivity contribution < 1.29 is 0 Å². The highest BCUT2D eigenvalue weighted by Gasteiger charge is 2.20. The number of aromatic nitrogens is 2. The minimum Gasteiger partial charge on any atom is -0.308 e. The number of nitrogens with two attached hydrogens (primary N) is 1. The van der Waals surface area contributed by atoms with Crippen molar-refractivity contribution in [1.82, 2.24) is 9.97 Å². The fourth-order valence-corrected chi connectivity index (χ4v) is 3.36. The third kappa shape index (κ3) is 3.20. The predicted octanol–water partition coefficient (Wildman–Crippen LogP) is 4.50. The fraction of sp³-hybridized carbons (Fsp3) is 0.333. The average Bonchev–Trinajstić information content (AvgIpc) is 3.03. The second-order valence-corrected chi connectivity index (χ2v) is 6.54. The van der Waals surface area contributed by atoms with Gasteiger partial charge in [-0.3, -0.25) is 0 Å². The van der Waals surface area contributed by atoms with Gasteiger partial charge in [0.25, 0.3) is 0 Å². The third-order valence-electron chi connectivity index (χ3n) is 3.84. The van der Waals surface area contributed by atoms with Crippen molar-refractivity contribution in [2.45, 2.75) is 31.6 Å². The maximum absolute atomic E-state index is 6.09. The van der Waals surface area contributed by atoms with Gasteiger partial charge in [-0.25, -0.2) is 15.8 Å². The first-order valence-corrected chi connectivity index (χ1v) is 8.15. The number of nitrogens with one attached hydrogen (secondary N) is 1. The van der Waals surface area contributed by atoms with Crippen molar-refractivity contribution in [2.24, 2.45) is 5.84 Å². The summed E-state index contributed by atoms with van der Waals surface area (Å²) >= 11 is 9.62. The molecule has 3 rings (SSSR count). The van der Waals surface area contributed by atoms with Gasteiger partial charge in [0, 0.05) is 32.7 Å². The molecule has 1 heterocycles. The highest BCUT2D eigenvalue weighted by Crippen LogP contribution is 2.36. The number of nitrogens with zero attached hydrogens (tertiary/aromatic N) is 2. The van der Waals surface area contributed by atoms with Gasteiger partial charge in [-0.1, -0.05) is 40.4 Å². The molecular formula is C15H16BrClN4. The molecule has 1 aromatic carbocycles. The van der Waals surface area contributed by atoms with Crippen LogP contribution in [0.5, 0.6) is 0 Å². The Morgan fingerprint density at radius 1 is 1.19 bits per heavy atom. The second kappa shape index (κ2) is 6.30. The normalized spacial score (nSPS) is 15.4. The lowest BCUT2D eigenvalue weighted by Crippen LogP contribution is -2.11. The van der Waals surface area contributed by atoms with Crippen molar-refractivity contribution in [3.05, 3.63) is 39.5 Å². The van der Waals surface area contributed by atoms with Crippen LogP contribution in [-0.4, -0.2) is 9.97 Å². The molecule has 1 fully saturated rings. The summed E-state index contributed by atoms with van der Waals surface area (Å²) in [6, 6.07) is 7.54. The quantitative estimate of drug-likeness (QED) is 0.619. The summed E-state index contributed by atoms with van der Waals surface area (Å²) in [6.07, 6.45) is 4.88. The van der Waals surface area contributed by atoms with Crippen LogP contribution in [0.25, 0.3) is 11.4 Å². The molecule has 6 heteroatoms. The van der Waals surface area contributed by atoms with Crippen molar-refractivity contribution in [3.63, 3.8) is 0 Å². The molecule has 3 N–H and O–H groups in total. The lowest BCUT2D eigenvalue weighted by Gasteiger charge is -2.13. The number of anilines is 1. The summed E-state index contributed by atoms with van der Waals surface area (Å²) in [5.74, 6) is 7.32. The molecule has 0 bridgehead atoms. The third-order valence-corrected chi connectivity index (χ3v) is 4.76. The Morgan fingerprint density at radius 3 is 2.67 bits per heavy atom. The number of hydrogen-bond acceptors (Lipinski definition) is 4. The van der Waals surface area contributed by atoms with Crippen LogP contribution in [0, 0.1) is 0 Å². The van der Waals surface area contributed by atoms with Gasteiger partial charge in [-0.2, -0.15) is 0 Å². The molecule has 110 valence electrons. The number of halogens is 2. The smallest absolute Gasteiger partial charge is 0.163 e. The van der Waals surface area contributed by atoms with Crippen LogP contribution in [-0.2, 0) is 0 Å². The largest absolute Gasteiger partial charge is 0.308 e. The van der Waals surface area contributed by atoms with E-state index in [0.717, 1.165) is 15.7 Å². The Bertz CT molecular complexity index is 656. The molecule has 1 saturated carbocycles. The summed E-state index contributed by atoms with van der Waals surface area (Å²) in [5.41, 5.74) is 4.56. The van der Waals surface area contributed by atoms with Gasteiger partial charge in [0.15, 0.2) is 5.82 Å². The van der Waals surface area contributed by atoms with E-state index in [0.29, 0.717) is 22.6 Å². The van der Waals surface area contributed by atoms with E-state index in [1.807, 2.05) is 24.3 Å². The first kappa shape index (κ1) is 14.8. The van der Waals surface area contributed by atoms with E-state index in [4.69, 9.17) is 22.4 Å². The van der Waals surface area contributed by atoms with E-state index in [2.05, 4.69) is 26.3 Å². The molecule has 1 aromatic heterocycles. The van der Waals surface area contributed by atoms with E-state index in [9.17, 15) is 0 Å². The lowest BCUT2D eigenvalue weighted by molar-refractivity contribution is 0.695. The van der Waals surface area contributed by atoms with Gasteiger partial charge >= 0.3 is 0 Å². The lowest BCUT2D eigenvalue weighted by atomic mass is 10.0. The number of nitrogen functional groups attached to an aromatic ring is 1. The van der Waals surface area contributed by atoms with Crippen LogP contribution in [0.3, 0.4) is 0 Å². The molecule has 0 amide bonds. The van der Waals surface area contributed by atoms with E-state index in [1.165, 1.54) is 25.7 Å². The van der Waals surface area contributed by atoms with Gasteiger partial charge < -0.3 is 5.43 Å². The van der Waals surface area contributed by atoms with E-state index in [1.54, 1.807) is 0 Å². The fourth-order valence-electron chi connectivity index (χ4n) is 2.76. The van der Waals surface area contributed by atoms with Gasteiger partial charge in [-0.15, -0.1) is 0 Å². The van der Waals surface area contributed by atoms with Crippen molar-refractivity contribution in [2.75, 3.05) is 5.43 Å². The standard InChI is InChI=1S/C15H16BrClN4/c16-12-6-5-10(17)7-11(12)15-19-13(8-14(20-15)21-18)9-3-1-2-4-9/h5-9H,1-4,18H2,(H,19,20,21). The van der Waals surface area contributed by atoms with Gasteiger partial charge in [0.05, 0.1) is 0 Å². The summed E-state index contributed by atoms with van der Waals surface area (Å²) in [5, 5.41) is 0.658. The van der Waals surface area contributed by atoms with Crippen LogP contribution in [0.4, 0.5) is 5.82 Å². The van der Waals surface area contributed by atoms with Crippen LogP contribution in [0.15, 0.2) is 28.7 Å². The molecule has 0 spiro atoms. The maximum Gasteiger partial charge on any atom is 0.163 e. The van der Waals surface area contributed by atoms with Crippen LogP contribution >= 0.6 is 27.5 Å². The van der Waals surface area contributed by atoms with Gasteiger partial charge in [0.1, 0.15) is 5.82 Å². The topological polar surface area (TPSA) is 63.8 Å². The zero-order valence-corrected chi connectivity index (χ0v) is 13.8. The van der Waals surface area contributed by atoms with Crippen molar-refractivity contribution in [3.8, 4) is 11.4 Å². The van der Waals surface area contributed by atoms with Crippen molar-refractivity contribution >= 4 is 33.3 Å². The minimum absolute atomic E-state index is 0.497. The first-order chi connectivity index (χ1) is 10.2. The second-order valence-electron chi connectivity index (χ2n) is 5.25. The Hall–Kier alpha value is -1.17. The summed E-state index contributed by atoms with van der Waals surface area (Å²) in [4.78, 5) is 9.20. The minimum atomic E-state index is 0.497. The Balaban J connectivity index is 2.08. The predicted molar refractivity (Wildman–Crippen MR) is 89.2 cm³/mol. The summed E-state index contributed by atoms with van der Waals surface area (Å²) in [7, 11) is 0. The molecule has 4 nitrogen and oxygen atoms in total. The SMILES string of the molecule is NNc1cc(C2CCCC2)nc(-c2cc(Cl)ccc2Br)n1. The molecule has 21 heavy (non-hydrogen) atoms. The average molecular weight is 368 g/mol. The Kier molecular flexibility index (Phi) is 4.42. The summed E-state index contributed by atoms with van der Waals surface area (Å²) in [6.45, 7) is 0. The molecule has 1 aliphatic carbocycles.